The normalized spacial score (nSPS) is 18.8. The largest absolute Gasteiger partial charge is 0.362 e. The number of anilines is 1. The molecule has 1 aliphatic carbocycles. The fourth-order valence-electron chi connectivity index (χ4n) is 3.62. The van der Waals surface area contributed by atoms with Gasteiger partial charge in [0.05, 0.1) is 10.7 Å². The van der Waals surface area contributed by atoms with Crippen LogP contribution in [0.3, 0.4) is 0 Å². The predicted molar refractivity (Wildman–Crippen MR) is 106 cm³/mol. The highest BCUT2D eigenvalue weighted by atomic mass is 35.5. The van der Waals surface area contributed by atoms with Gasteiger partial charge in [0, 0.05) is 42.5 Å². The summed E-state index contributed by atoms with van der Waals surface area (Å²) in [5.74, 6) is 0.733. The van der Waals surface area contributed by atoms with Gasteiger partial charge in [-0.15, -0.1) is 11.8 Å². The highest BCUT2D eigenvalue weighted by Gasteiger charge is 2.26. The van der Waals surface area contributed by atoms with Gasteiger partial charge >= 0.3 is 0 Å². The van der Waals surface area contributed by atoms with Crippen molar-refractivity contribution in [3.8, 4) is 0 Å². The molecule has 3 rings (SSSR count). The van der Waals surface area contributed by atoms with E-state index in [1.165, 1.54) is 38.2 Å². The number of nitro benzene ring substituents is 1. The molecule has 1 amide bonds. The Morgan fingerprint density at radius 2 is 1.88 bits per heavy atom. The highest BCUT2D eigenvalue weighted by molar-refractivity contribution is 8.00. The van der Waals surface area contributed by atoms with Gasteiger partial charge in [-0.05, 0) is 25.0 Å². The van der Waals surface area contributed by atoms with Gasteiger partial charge in [-0.2, -0.15) is 0 Å². The van der Waals surface area contributed by atoms with Gasteiger partial charge in [-0.25, -0.2) is 0 Å². The van der Waals surface area contributed by atoms with Crippen molar-refractivity contribution in [2.24, 2.45) is 0 Å². The molecule has 1 aliphatic heterocycles. The fraction of sp³-hybridized carbons (Fsp3) is 0.611. The maximum atomic E-state index is 12.5. The summed E-state index contributed by atoms with van der Waals surface area (Å²) in [5, 5.41) is 12.3. The summed E-state index contributed by atoms with van der Waals surface area (Å²) in [6.45, 7) is 2.40. The zero-order valence-electron chi connectivity index (χ0n) is 14.7. The van der Waals surface area contributed by atoms with Gasteiger partial charge in [0.15, 0.2) is 0 Å². The number of nitro groups is 1. The van der Waals surface area contributed by atoms with Gasteiger partial charge in [0.2, 0.25) is 5.91 Å². The molecule has 0 bridgehead atoms. The number of carbonyl (C=O) groups excluding carboxylic acids is 1. The number of rotatable bonds is 5. The molecular formula is C18H24ClN3O3S. The lowest BCUT2D eigenvalue weighted by Gasteiger charge is -2.36. The third-order valence-corrected chi connectivity index (χ3v) is 6.69. The van der Waals surface area contributed by atoms with Crippen LogP contribution >= 0.6 is 23.4 Å². The standard InChI is InChI=1S/C18H24ClN3O3S/c19-14-6-7-16(17(12-14)22(24)25)20-8-10-21(11-9-20)18(23)13-26-15-4-2-1-3-5-15/h6-7,12,15H,1-5,8-11,13H2. The Bertz CT molecular complexity index is 659. The zero-order valence-corrected chi connectivity index (χ0v) is 16.3. The van der Waals surface area contributed by atoms with Crippen LogP contribution in [0.1, 0.15) is 32.1 Å². The molecule has 2 aliphatic rings. The van der Waals surface area contributed by atoms with Crippen LogP contribution in [0.4, 0.5) is 11.4 Å². The number of benzene rings is 1. The van der Waals surface area contributed by atoms with E-state index >= 15 is 0 Å². The number of piperazine rings is 1. The zero-order chi connectivity index (χ0) is 18.5. The Hall–Kier alpha value is -1.47. The fourth-order valence-corrected chi connectivity index (χ4v) is 5.01. The number of halogens is 1. The van der Waals surface area contributed by atoms with Crippen LogP contribution in [0.25, 0.3) is 0 Å². The summed E-state index contributed by atoms with van der Waals surface area (Å²) in [6.07, 6.45) is 6.34. The Labute approximate surface area is 163 Å². The van der Waals surface area contributed by atoms with E-state index in [0.29, 0.717) is 47.9 Å². The van der Waals surface area contributed by atoms with Crippen molar-refractivity contribution in [2.75, 3.05) is 36.8 Å². The van der Waals surface area contributed by atoms with Crippen molar-refractivity contribution < 1.29 is 9.72 Å². The van der Waals surface area contributed by atoms with Crippen molar-refractivity contribution in [1.29, 1.82) is 0 Å². The van der Waals surface area contributed by atoms with E-state index in [4.69, 9.17) is 11.6 Å². The van der Waals surface area contributed by atoms with Crippen molar-refractivity contribution in [3.05, 3.63) is 33.3 Å². The summed E-state index contributed by atoms with van der Waals surface area (Å²) < 4.78 is 0. The van der Waals surface area contributed by atoms with Crippen LogP contribution in [-0.4, -0.2) is 52.9 Å². The van der Waals surface area contributed by atoms with Gasteiger partial charge in [-0.3, -0.25) is 14.9 Å². The van der Waals surface area contributed by atoms with Crippen molar-refractivity contribution in [1.82, 2.24) is 4.90 Å². The quantitative estimate of drug-likeness (QED) is 0.555. The molecule has 1 heterocycles. The monoisotopic (exact) mass is 397 g/mol. The molecule has 0 N–H and O–H groups in total. The van der Waals surface area contributed by atoms with E-state index in [1.54, 1.807) is 23.9 Å². The van der Waals surface area contributed by atoms with Gasteiger partial charge in [0.1, 0.15) is 5.69 Å². The summed E-state index contributed by atoms with van der Waals surface area (Å²) in [5.41, 5.74) is 0.591. The molecule has 6 nitrogen and oxygen atoms in total. The van der Waals surface area contributed by atoms with Gasteiger partial charge in [-0.1, -0.05) is 30.9 Å². The maximum Gasteiger partial charge on any atom is 0.294 e. The Balaban J connectivity index is 1.52. The molecule has 1 aromatic rings. The molecule has 142 valence electrons. The first kappa shape index (κ1) is 19.3. The van der Waals surface area contributed by atoms with E-state index in [-0.39, 0.29) is 11.6 Å². The lowest BCUT2D eigenvalue weighted by molar-refractivity contribution is -0.384. The molecule has 26 heavy (non-hydrogen) atoms. The van der Waals surface area contributed by atoms with Crippen LogP contribution in [0.15, 0.2) is 18.2 Å². The number of thioether (sulfide) groups is 1. The topological polar surface area (TPSA) is 66.7 Å². The average molecular weight is 398 g/mol. The lowest BCUT2D eigenvalue weighted by atomic mass is 10.0. The van der Waals surface area contributed by atoms with Gasteiger partial charge < -0.3 is 9.80 Å². The summed E-state index contributed by atoms with van der Waals surface area (Å²) >= 11 is 7.68. The van der Waals surface area contributed by atoms with E-state index in [9.17, 15) is 14.9 Å². The van der Waals surface area contributed by atoms with Crippen LogP contribution in [0, 0.1) is 10.1 Å². The van der Waals surface area contributed by atoms with Crippen LogP contribution in [-0.2, 0) is 4.79 Å². The molecule has 0 atom stereocenters. The minimum atomic E-state index is -0.403. The molecule has 1 saturated carbocycles. The number of nitrogens with zero attached hydrogens (tertiary/aromatic N) is 3. The van der Waals surface area contributed by atoms with Crippen LogP contribution in [0.2, 0.25) is 5.02 Å². The Kier molecular flexibility index (Phi) is 6.64. The van der Waals surface area contributed by atoms with Crippen LogP contribution < -0.4 is 4.90 Å². The second-order valence-corrected chi connectivity index (χ2v) is 8.55. The number of amides is 1. The van der Waals surface area contributed by atoms with E-state index < -0.39 is 4.92 Å². The summed E-state index contributed by atoms with van der Waals surface area (Å²) in [4.78, 5) is 27.2. The van der Waals surface area contributed by atoms with Crippen molar-refractivity contribution >= 4 is 40.6 Å². The van der Waals surface area contributed by atoms with Crippen molar-refractivity contribution in [2.45, 2.75) is 37.4 Å². The number of hydrogen-bond acceptors (Lipinski definition) is 5. The number of hydrogen-bond donors (Lipinski definition) is 0. The number of carbonyl (C=O) groups is 1. The molecule has 1 saturated heterocycles. The summed E-state index contributed by atoms with van der Waals surface area (Å²) in [7, 11) is 0. The molecule has 0 radical (unpaired) electrons. The predicted octanol–water partition coefficient (Wildman–Crippen LogP) is 3.96. The summed E-state index contributed by atoms with van der Waals surface area (Å²) in [6, 6.07) is 4.74. The third kappa shape index (κ3) is 4.82. The minimum Gasteiger partial charge on any atom is -0.362 e. The maximum absolute atomic E-state index is 12.5. The average Bonchev–Trinajstić information content (AvgIpc) is 2.67. The highest BCUT2D eigenvalue weighted by Crippen LogP contribution is 2.32. The minimum absolute atomic E-state index is 0.0186. The molecule has 2 fully saturated rings. The Morgan fingerprint density at radius 1 is 1.19 bits per heavy atom. The Morgan fingerprint density at radius 3 is 2.54 bits per heavy atom. The smallest absolute Gasteiger partial charge is 0.294 e. The lowest BCUT2D eigenvalue weighted by Crippen LogP contribution is -2.49. The first-order valence-corrected chi connectivity index (χ1v) is 10.6. The van der Waals surface area contributed by atoms with Crippen LogP contribution in [0.5, 0.6) is 0 Å². The van der Waals surface area contributed by atoms with E-state index in [0.717, 1.165) is 0 Å². The molecule has 0 spiro atoms. The second-order valence-electron chi connectivity index (χ2n) is 6.83. The molecule has 0 aromatic heterocycles. The third-order valence-electron chi connectivity index (χ3n) is 5.10. The van der Waals surface area contributed by atoms with E-state index in [1.807, 2.05) is 9.80 Å². The molecule has 8 heteroatoms. The first-order chi connectivity index (χ1) is 12.5. The first-order valence-electron chi connectivity index (χ1n) is 9.13. The molecule has 1 aromatic carbocycles. The van der Waals surface area contributed by atoms with E-state index in [2.05, 4.69) is 0 Å². The molecule has 0 unspecified atom stereocenters. The second kappa shape index (κ2) is 8.95. The van der Waals surface area contributed by atoms with Gasteiger partial charge in [0.25, 0.3) is 5.69 Å². The SMILES string of the molecule is O=C(CSC1CCCCC1)N1CCN(c2ccc(Cl)cc2[N+](=O)[O-])CC1. The van der Waals surface area contributed by atoms with Crippen molar-refractivity contribution in [3.63, 3.8) is 0 Å². The molecular weight excluding hydrogens is 374 g/mol.